The minimum Gasteiger partial charge on any atom is -0.492 e. The lowest BCUT2D eigenvalue weighted by molar-refractivity contribution is -0.137. The highest BCUT2D eigenvalue weighted by molar-refractivity contribution is 5.96. The van der Waals surface area contributed by atoms with E-state index >= 15 is 0 Å². The molecule has 1 amide bonds. The number of benzene rings is 1. The second-order valence-corrected chi connectivity index (χ2v) is 5.23. The summed E-state index contributed by atoms with van der Waals surface area (Å²) in [7, 11) is 0. The van der Waals surface area contributed by atoms with Crippen LogP contribution >= 0.6 is 0 Å². The number of amides is 1. The van der Waals surface area contributed by atoms with E-state index in [2.05, 4.69) is 5.32 Å². The number of carboxylic acids is 1. The fourth-order valence-corrected chi connectivity index (χ4v) is 2.14. The van der Waals surface area contributed by atoms with Gasteiger partial charge in [0, 0.05) is 12.5 Å². The number of furan rings is 1. The van der Waals surface area contributed by atoms with Gasteiger partial charge in [-0.2, -0.15) is 13.2 Å². The van der Waals surface area contributed by atoms with Crippen molar-refractivity contribution in [2.45, 2.75) is 19.5 Å². The summed E-state index contributed by atoms with van der Waals surface area (Å²) >= 11 is 0. The Bertz CT molecular complexity index is 781. The number of carbonyl (C=O) groups excluding carboxylic acids is 1. The average Bonchev–Trinajstić information content (AvgIpc) is 3.03. The summed E-state index contributed by atoms with van der Waals surface area (Å²) in [5.74, 6) is -1.50. The van der Waals surface area contributed by atoms with Gasteiger partial charge >= 0.3 is 12.1 Å². The van der Waals surface area contributed by atoms with E-state index in [0.717, 1.165) is 18.2 Å². The first-order chi connectivity index (χ1) is 12.2. The van der Waals surface area contributed by atoms with Gasteiger partial charge in [-0.3, -0.25) is 4.79 Å². The molecule has 0 saturated heterocycles. The molecule has 1 aromatic carbocycles. The molecule has 9 heteroatoms. The monoisotopic (exact) mass is 371 g/mol. The maximum atomic E-state index is 12.4. The van der Waals surface area contributed by atoms with Crippen LogP contribution in [0.15, 0.2) is 34.7 Å². The summed E-state index contributed by atoms with van der Waals surface area (Å²) in [5.41, 5.74) is -0.851. The smallest absolute Gasteiger partial charge is 0.416 e. The van der Waals surface area contributed by atoms with Crippen LogP contribution in [0.3, 0.4) is 0 Å². The Labute approximate surface area is 146 Å². The van der Waals surface area contributed by atoms with Crippen molar-refractivity contribution in [3.8, 4) is 5.75 Å². The predicted octanol–water partition coefficient (Wildman–Crippen LogP) is 3.37. The minimum atomic E-state index is -4.41. The molecule has 0 aliphatic carbocycles. The molecule has 0 aliphatic rings. The van der Waals surface area contributed by atoms with Crippen molar-refractivity contribution in [1.82, 2.24) is 5.32 Å². The highest BCUT2D eigenvalue weighted by atomic mass is 19.4. The standard InChI is InChI=1S/C17H16F3NO5/c1-2-13-12(16(23)24)9-14(26-13)15(22)21-7-8-25-11-5-3-10(4-6-11)17(18,19)20/h3-6,9H,2,7-8H2,1H3,(H,21,22)(H,23,24). The molecule has 2 N–H and O–H groups in total. The molecule has 1 heterocycles. The number of aryl methyl sites for hydroxylation is 1. The van der Waals surface area contributed by atoms with Gasteiger partial charge in [-0.25, -0.2) is 4.79 Å². The van der Waals surface area contributed by atoms with E-state index in [1.165, 1.54) is 12.1 Å². The lowest BCUT2D eigenvalue weighted by Crippen LogP contribution is -2.27. The van der Waals surface area contributed by atoms with Gasteiger partial charge in [0.1, 0.15) is 23.7 Å². The van der Waals surface area contributed by atoms with Crippen molar-refractivity contribution in [2.24, 2.45) is 0 Å². The number of ether oxygens (including phenoxy) is 1. The van der Waals surface area contributed by atoms with Crippen LogP contribution in [-0.4, -0.2) is 30.1 Å². The minimum absolute atomic E-state index is 0.0181. The van der Waals surface area contributed by atoms with Crippen LogP contribution in [0.5, 0.6) is 5.75 Å². The number of aromatic carboxylic acids is 1. The van der Waals surface area contributed by atoms with Gasteiger partial charge in [-0.15, -0.1) is 0 Å². The van der Waals surface area contributed by atoms with E-state index in [0.29, 0.717) is 6.42 Å². The highest BCUT2D eigenvalue weighted by Gasteiger charge is 2.30. The molecule has 2 rings (SSSR count). The lowest BCUT2D eigenvalue weighted by atomic mass is 10.2. The first kappa shape index (κ1) is 19.4. The molecule has 140 valence electrons. The zero-order valence-corrected chi connectivity index (χ0v) is 13.7. The van der Waals surface area contributed by atoms with Crippen molar-refractivity contribution < 1.29 is 37.0 Å². The molecular weight excluding hydrogens is 355 g/mol. The van der Waals surface area contributed by atoms with E-state index in [1.54, 1.807) is 6.92 Å². The number of carboxylic acid groups (broad SMARTS) is 1. The van der Waals surface area contributed by atoms with E-state index in [4.69, 9.17) is 14.3 Å². The first-order valence-electron chi connectivity index (χ1n) is 7.66. The Morgan fingerprint density at radius 2 is 1.88 bits per heavy atom. The summed E-state index contributed by atoms with van der Waals surface area (Å²) in [6.07, 6.45) is -4.09. The molecule has 0 aliphatic heterocycles. The molecule has 26 heavy (non-hydrogen) atoms. The maximum absolute atomic E-state index is 12.4. The van der Waals surface area contributed by atoms with Gasteiger partial charge < -0.3 is 19.6 Å². The number of nitrogens with one attached hydrogen (secondary N) is 1. The number of hydrogen-bond acceptors (Lipinski definition) is 4. The van der Waals surface area contributed by atoms with Crippen molar-refractivity contribution in [2.75, 3.05) is 13.2 Å². The molecule has 0 saturated carbocycles. The van der Waals surface area contributed by atoms with Crippen LogP contribution in [0.25, 0.3) is 0 Å². The van der Waals surface area contributed by atoms with Crippen LogP contribution < -0.4 is 10.1 Å². The molecule has 1 aromatic heterocycles. The molecule has 0 fully saturated rings. The fourth-order valence-electron chi connectivity index (χ4n) is 2.14. The maximum Gasteiger partial charge on any atom is 0.416 e. The van der Waals surface area contributed by atoms with Crippen molar-refractivity contribution in [1.29, 1.82) is 0 Å². The Kier molecular flexibility index (Phi) is 5.91. The fraction of sp³-hybridized carbons (Fsp3) is 0.294. The zero-order chi connectivity index (χ0) is 19.3. The summed E-state index contributed by atoms with van der Waals surface area (Å²) in [6.45, 7) is 1.78. The number of rotatable bonds is 7. The highest BCUT2D eigenvalue weighted by Crippen LogP contribution is 2.30. The van der Waals surface area contributed by atoms with E-state index in [-0.39, 0.29) is 36.0 Å². The quantitative estimate of drug-likeness (QED) is 0.729. The third-order valence-electron chi connectivity index (χ3n) is 3.42. The Balaban J connectivity index is 1.84. The molecule has 0 radical (unpaired) electrons. The predicted molar refractivity (Wildman–Crippen MR) is 84.3 cm³/mol. The average molecular weight is 371 g/mol. The van der Waals surface area contributed by atoms with Crippen molar-refractivity contribution in [3.63, 3.8) is 0 Å². The van der Waals surface area contributed by atoms with Gasteiger partial charge in [0.05, 0.1) is 12.1 Å². The van der Waals surface area contributed by atoms with Gasteiger partial charge in [0.2, 0.25) is 0 Å². The number of halogens is 3. The first-order valence-corrected chi connectivity index (χ1v) is 7.66. The van der Waals surface area contributed by atoms with Gasteiger partial charge in [-0.05, 0) is 24.3 Å². The molecule has 0 spiro atoms. The largest absolute Gasteiger partial charge is 0.492 e. The second-order valence-electron chi connectivity index (χ2n) is 5.23. The molecule has 0 atom stereocenters. The number of hydrogen-bond donors (Lipinski definition) is 2. The van der Waals surface area contributed by atoms with Crippen LogP contribution in [0.1, 0.15) is 39.2 Å². The van der Waals surface area contributed by atoms with Crippen molar-refractivity contribution in [3.05, 3.63) is 53.0 Å². The normalized spacial score (nSPS) is 11.2. The van der Waals surface area contributed by atoms with Crippen LogP contribution in [-0.2, 0) is 12.6 Å². The third kappa shape index (κ3) is 4.78. The SMILES string of the molecule is CCc1oc(C(=O)NCCOc2ccc(C(F)(F)F)cc2)cc1C(=O)O. The van der Waals surface area contributed by atoms with Crippen LogP contribution in [0.4, 0.5) is 13.2 Å². The van der Waals surface area contributed by atoms with Crippen molar-refractivity contribution >= 4 is 11.9 Å². The number of carbonyl (C=O) groups is 2. The topological polar surface area (TPSA) is 88.8 Å². The lowest BCUT2D eigenvalue weighted by Gasteiger charge is -2.09. The molecular formula is C17H16F3NO5. The Morgan fingerprint density at radius 3 is 2.38 bits per heavy atom. The zero-order valence-electron chi connectivity index (χ0n) is 13.7. The summed E-state index contributed by atoms with van der Waals surface area (Å²) in [4.78, 5) is 23.0. The van der Waals surface area contributed by atoms with E-state index < -0.39 is 23.6 Å². The summed E-state index contributed by atoms with van der Waals surface area (Å²) in [6, 6.07) is 5.31. The second kappa shape index (κ2) is 7.94. The Hall–Kier alpha value is -2.97. The molecule has 0 bridgehead atoms. The Morgan fingerprint density at radius 1 is 1.23 bits per heavy atom. The van der Waals surface area contributed by atoms with Gasteiger partial charge in [0.25, 0.3) is 5.91 Å². The van der Waals surface area contributed by atoms with Gasteiger partial charge in [-0.1, -0.05) is 6.92 Å². The molecule has 0 unspecified atom stereocenters. The van der Waals surface area contributed by atoms with Crippen LogP contribution in [0, 0.1) is 0 Å². The van der Waals surface area contributed by atoms with Gasteiger partial charge in [0.15, 0.2) is 5.76 Å². The van der Waals surface area contributed by atoms with E-state index in [9.17, 15) is 22.8 Å². The van der Waals surface area contributed by atoms with Crippen LogP contribution in [0.2, 0.25) is 0 Å². The number of alkyl halides is 3. The molecule has 6 nitrogen and oxygen atoms in total. The summed E-state index contributed by atoms with van der Waals surface area (Å²) in [5, 5.41) is 11.5. The summed E-state index contributed by atoms with van der Waals surface area (Å²) < 4.78 is 47.8. The molecule has 2 aromatic rings. The third-order valence-corrected chi connectivity index (χ3v) is 3.42. The van der Waals surface area contributed by atoms with E-state index in [1.807, 2.05) is 0 Å².